The first-order chi connectivity index (χ1) is 14.7. The van der Waals surface area contributed by atoms with Gasteiger partial charge in [0.15, 0.2) is 11.8 Å². The van der Waals surface area contributed by atoms with Crippen molar-refractivity contribution in [3.05, 3.63) is 35.7 Å². The zero-order chi connectivity index (χ0) is 21.2. The molecule has 0 spiro atoms. The molecule has 1 aromatic carbocycles. The molecule has 0 atom stereocenters. The van der Waals surface area contributed by atoms with E-state index in [1.807, 2.05) is 12.1 Å². The summed E-state index contributed by atoms with van der Waals surface area (Å²) in [4.78, 5) is 11.6. The van der Waals surface area contributed by atoms with E-state index in [9.17, 15) is 0 Å². The van der Waals surface area contributed by atoms with Gasteiger partial charge in [0.1, 0.15) is 0 Å². The molecule has 1 fully saturated rings. The van der Waals surface area contributed by atoms with E-state index in [0.717, 1.165) is 68.0 Å². The van der Waals surface area contributed by atoms with Gasteiger partial charge in [-0.05, 0) is 56.2 Å². The lowest BCUT2D eigenvalue weighted by molar-refractivity contribution is 0.0625. The summed E-state index contributed by atoms with van der Waals surface area (Å²) >= 11 is 0. The number of guanidine groups is 1. The molecule has 0 radical (unpaired) electrons. The highest BCUT2D eigenvalue weighted by Crippen LogP contribution is 2.20. The molecule has 3 rings (SSSR count). The number of halogens is 1. The summed E-state index contributed by atoms with van der Waals surface area (Å²) in [6, 6.07) is 8.19. The number of aliphatic imine (C=N–C) groups is 1. The third-order valence-electron chi connectivity index (χ3n) is 5.44. The molecule has 7 nitrogen and oxygen atoms in total. The van der Waals surface area contributed by atoms with Crippen LogP contribution in [0, 0.1) is 5.92 Å². The van der Waals surface area contributed by atoms with Crippen molar-refractivity contribution in [2.45, 2.75) is 52.5 Å². The van der Waals surface area contributed by atoms with Crippen molar-refractivity contribution in [3.8, 4) is 11.5 Å². The van der Waals surface area contributed by atoms with Crippen LogP contribution in [0.15, 0.2) is 33.8 Å². The van der Waals surface area contributed by atoms with Gasteiger partial charge in [0, 0.05) is 45.3 Å². The largest absolute Gasteiger partial charge is 0.381 e. The van der Waals surface area contributed by atoms with Crippen LogP contribution < -0.4 is 5.32 Å². The summed E-state index contributed by atoms with van der Waals surface area (Å²) in [5, 5.41) is 7.47. The number of aromatic nitrogens is 2. The van der Waals surface area contributed by atoms with Crippen molar-refractivity contribution in [2.24, 2.45) is 10.9 Å². The second-order valence-electron chi connectivity index (χ2n) is 7.90. The summed E-state index contributed by atoms with van der Waals surface area (Å²) in [7, 11) is 2.12. The predicted molar refractivity (Wildman–Crippen MR) is 135 cm³/mol. The zero-order valence-electron chi connectivity index (χ0n) is 19.0. The molecule has 2 heterocycles. The number of hydrogen-bond acceptors (Lipinski definition) is 5. The molecular formula is C23H36IN5O2. The Labute approximate surface area is 203 Å². The number of nitrogens with zero attached hydrogens (tertiary/aromatic N) is 4. The van der Waals surface area contributed by atoms with Gasteiger partial charge in [0.05, 0.1) is 6.54 Å². The van der Waals surface area contributed by atoms with Gasteiger partial charge in [-0.25, -0.2) is 4.99 Å². The summed E-state index contributed by atoms with van der Waals surface area (Å²) in [6.07, 6.45) is 5.35. The lowest BCUT2D eigenvalue weighted by Gasteiger charge is -2.26. The van der Waals surface area contributed by atoms with E-state index in [4.69, 9.17) is 14.3 Å². The summed E-state index contributed by atoms with van der Waals surface area (Å²) in [6.45, 7) is 8.47. The number of ether oxygens (including phenoxy) is 1. The van der Waals surface area contributed by atoms with Gasteiger partial charge in [0.2, 0.25) is 0 Å². The molecular weight excluding hydrogens is 505 g/mol. The van der Waals surface area contributed by atoms with E-state index in [2.05, 4.69) is 53.4 Å². The summed E-state index contributed by atoms with van der Waals surface area (Å²) in [5.74, 6) is 3.03. The lowest BCUT2D eigenvalue weighted by atomic mass is 9.96. The highest BCUT2D eigenvalue weighted by Gasteiger charge is 2.15. The van der Waals surface area contributed by atoms with Crippen molar-refractivity contribution in [3.63, 3.8) is 0 Å². The van der Waals surface area contributed by atoms with Crippen molar-refractivity contribution in [1.29, 1.82) is 0 Å². The Morgan fingerprint density at radius 2 is 2.06 bits per heavy atom. The maximum atomic E-state index is 5.47. The predicted octanol–water partition coefficient (Wildman–Crippen LogP) is 4.52. The third kappa shape index (κ3) is 8.07. The molecule has 8 heteroatoms. The zero-order valence-corrected chi connectivity index (χ0v) is 21.3. The average molecular weight is 541 g/mol. The molecule has 0 aliphatic carbocycles. The molecule has 0 unspecified atom stereocenters. The van der Waals surface area contributed by atoms with Crippen molar-refractivity contribution >= 4 is 29.9 Å². The van der Waals surface area contributed by atoms with Crippen LogP contribution in [-0.2, 0) is 17.7 Å². The minimum atomic E-state index is 0. The van der Waals surface area contributed by atoms with E-state index < -0.39 is 0 Å². The molecule has 1 aliphatic rings. The summed E-state index contributed by atoms with van der Waals surface area (Å²) < 4.78 is 10.9. The SMILES string of the molecule is CCCc1noc(-c2cccc(CN=C(NCC)N(C)CCC3CCOCC3)c2)n1.I. The molecule has 0 bridgehead atoms. The third-order valence-corrected chi connectivity index (χ3v) is 5.44. The number of aryl methyl sites for hydroxylation is 1. The highest BCUT2D eigenvalue weighted by molar-refractivity contribution is 14.0. The van der Waals surface area contributed by atoms with Crippen LogP contribution in [0.1, 0.15) is 50.9 Å². The molecule has 172 valence electrons. The van der Waals surface area contributed by atoms with E-state index in [-0.39, 0.29) is 24.0 Å². The maximum absolute atomic E-state index is 5.47. The fraction of sp³-hybridized carbons (Fsp3) is 0.609. The van der Waals surface area contributed by atoms with Crippen molar-refractivity contribution in [1.82, 2.24) is 20.4 Å². The fourth-order valence-electron chi connectivity index (χ4n) is 3.65. The van der Waals surface area contributed by atoms with Crippen LogP contribution in [-0.4, -0.2) is 54.4 Å². The van der Waals surface area contributed by atoms with Gasteiger partial charge in [0.25, 0.3) is 5.89 Å². The molecule has 0 amide bonds. The average Bonchev–Trinajstić information content (AvgIpc) is 3.25. The molecule has 1 saturated heterocycles. The van der Waals surface area contributed by atoms with E-state index in [1.54, 1.807) is 0 Å². The van der Waals surface area contributed by atoms with E-state index >= 15 is 0 Å². The van der Waals surface area contributed by atoms with Crippen molar-refractivity contribution < 1.29 is 9.26 Å². The van der Waals surface area contributed by atoms with Gasteiger partial charge in [-0.3, -0.25) is 0 Å². The lowest BCUT2D eigenvalue weighted by Crippen LogP contribution is -2.40. The first-order valence-corrected chi connectivity index (χ1v) is 11.2. The van der Waals surface area contributed by atoms with E-state index in [1.165, 1.54) is 19.3 Å². The molecule has 2 aromatic rings. The normalized spacial score (nSPS) is 14.9. The Morgan fingerprint density at radius 1 is 1.26 bits per heavy atom. The van der Waals surface area contributed by atoms with E-state index in [0.29, 0.717) is 12.4 Å². The first-order valence-electron chi connectivity index (χ1n) is 11.2. The maximum Gasteiger partial charge on any atom is 0.257 e. The van der Waals surface area contributed by atoms with Gasteiger partial charge in [-0.15, -0.1) is 24.0 Å². The fourth-order valence-corrected chi connectivity index (χ4v) is 3.65. The molecule has 1 aromatic heterocycles. The van der Waals surface area contributed by atoms with Crippen LogP contribution in [0.5, 0.6) is 0 Å². The highest BCUT2D eigenvalue weighted by atomic mass is 127. The quantitative estimate of drug-likeness (QED) is 0.286. The Hall–Kier alpha value is -1.68. The minimum absolute atomic E-state index is 0. The molecule has 31 heavy (non-hydrogen) atoms. The molecule has 1 aliphatic heterocycles. The molecule has 0 saturated carbocycles. The van der Waals surface area contributed by atoms with Crippen LogP contribution in [0.25, 0.3) is 11.5 Å². The first kappa shape index (κ1) is 25.6. The van der Waals surface area contributed by atoms with Crippen LogP contribution >= 0.6 is 24.0 Å². The van der Waals surface area contributed by atoms with Crippen molar-refractivity contribution in [2.75, 3.05) is 33.4 Å². The van der Waals surface area contributed by atoms with Gasteiger partial charge in [-0.1, -0.05) is 24.2 Å². The Kier molecular flexibility index (Phi) is 11.3. The monoisotopic (exact) mass is 541 g/mol. The second-order valence-corrected chi connectivity index (χ2v) is 7.90. The standard InChI is InChI=1S/C23H35N5O2.HI/c1-4-7-21-26-22(30-27-21)20-9-6-8-19(16-20)17-25-23(24-5-2)28(3)13-10-18-11-14-29-15-12-18;/h6,8-9,16,18H,4-5,7,10-15,17H2,1-3H3,(H,24,25);1H. The number of benzene rings is 1. The van der Waals surface area contributed by atoms with Gasteiger partial charge >= 0.3 is 0 Å². The van der Waals surface area contributed by atoms with Crippen LogP contribution in [0.4, 0.5) is 0 Å². The number of hydrogen-bond donors (Lipinski definition) is 1. The van der Waals surface area contributed by atoms with Gasteiger partial charge < -0.3 is 19.5 Å². The summed E-state index contributed by atoms with van der Waals surface area (Å²) in [5.41, 5.74) is 2.06. The van der Waals surface area contributed by atoms with Crippen LogP contribution in [0.3, 0.4) is 0 Å². The topological polar surface area (TPSA) is 75.8 Å². The Bertz CT molecular complexity index is 805. The Balaban J connectivity index is 0.00000341. The number of nitrogens with one attached hydrogen (secondary N) is 1. The molecule has 1 N–H and O–H groups in total. The smallest absolute Gasteiger partial charge is 0.257 e. The minimum Gasteiger partial charge on any atom is -0.381 e. The Morgan fingerprint density at radius 3 is 2.81 bits per heavy atom. The van der Waals surface area contributed by atoms with Gasteiger partial charge in [-0.2, -0.15) is 4.98 Å². The second kappa shape index (κ2) is 13.7. The van der Waals surface area contributed by atoms with Crippen LogP contribution in [0.2, 0.25) is 0 Å². The number of rotatable bonds is 9.